The Kier molecular flexibility index (Phi) is 5.08. The highest BCUT2D eigenvalue weighted by atomic mass is 35.5. The maximum Gasteiger partial charge on any atom is 0.320 e. The van der Waals surface area contributed by atoms with Crippen LogP contribution in [0.2, 0.25) is 0 Å². The lowest BCUT2D eigenvalue weighted by atomic mass is 10.2. The van der Waals surface area contributed by atoms with E-state index in [0.717, 1.165) is 11.3 Å². The summed E-state index contributed by atoms with van der Waals surface area (Å²) in [7, 11) is 0. The van der Waals surface area contributed by atoms with Crippen molar-refractivity contribution in [1.29, 1.82) is 0 Å². The number of anilines is 1. The summed E-state index contributed by atoms with van der Waals surface area (Å²) < 4.78 is 0. The standard InChI is InChI=1S/C11H15ClN2O2/c12-7-8-1-3-9(4-2-8)14-6-5-10(13)11(15)16/h1-4,10,14H,5-7,13H2,(H,15,16). The van der Waals surface area contributed by atoms with Gasteiger partial charge in [0.25, 0.3) is 0 Å². The second-order valence-corrected chi connectivity index (χ2v) is 3.76. The first kappa shape index (κ1) is 12.8. The molecule has 1 rings (SSSR count). The van der Waals surface area contributed by atoms with Crippen LogP contribution in [0.3, 0.4) is 0 Å². The lowest BCUT2D eigenvalue weighted by molar-refractivity contribution is -0.138. The van der Waals surface area contributed by atoms with Gasteiger partial charge >= 0.3 is 5.97 Å². The molecule has 0 saturated carbocycles. The van der Waals surface area contributed by atoms with Gasteiger partial charge in [-0.1, -0.05) is 12.1 Å². The van der Waals surface area contributed by atoms with Crippen LogP contribution in [0.4, 0.5) is 5.69 Å². The fourth-order valence-corrected chi connectivity index (χ4v) is 1.39. The zero-order valence-electron chi connectivity index (χ0n) is 8.82. The molecule has 0 fully saturated rings. The van der Waals surface area contributed by atoms with Crippen molar-refractivity contribution in [3.63, 3.8) is 0 Å². The number of rotatable bonds is 6. The zero-order chi connectivity index (χ0) is 12.0. The summed E-state index contributed by atoms with van der Waals surface area (Å²) in [6, 6.07) is 6.85. The summed E-state index contributed by atoms with van der Waals surface area (Å²) >= 11 is 5.66. The average molecular weight is 243 g/mol. The van der Waals surface area contributed by atoms with Gasteiger partial charge in [0.05, 0.1) is 0 Å². The van der Waals surface area contributed by atoms with Crippen molar-refractivity contribution in [2.45, 2.75) is 18.3 Å². The predicted molar refractivity (Wildman–Crippen MR) is 64.7 cm³/mol. The summed E-state index contributed by atoms with van der Waals surface area (Å²) in [4.78, 5) is 10.5. The van der Waals surface area contributed by atoms with E-state index in [2.05, 4.69) is 5.32 Å². The van der Waals surface area contributed by atoms with Crippen molar-refractivity contribution >= 4 is 23.3 Å². The highest BCUT2D eigenvalue weighted by Crippen LogP contribution is 2.11. The molecule has 1 unspecified atom stereocenters. The molecule has 0 spiro atoms. The van der Waals surface area contributed by atoms with E-state index in [1.807, 2.05) is 24.3 Å². The Balaban J connectivity index is 2.34. The van der Waals surface area contributed by atoms with Crippen molar-refractivity contribution in [3.8, 4) is 0 Å². The molecule has 1 aromatic rings. The monoisotopic (exact) mass is 242 g/mol. The Labute approximate surface area is 99.4 Å². The van der Waals surface area contributed by atoms with Crippen LogP contribution >= 0.6 is 11.6 Å². The van der Waals surface area contributed by atoms with E-state index in [1.165, 1.54) is 0 Å². The van der Waals surface area contributed by atoms with Crippen LogP contribution in [0.25, 0.3) is 0 Å². The minimum atomic E-state index is -0.973. The predicted octanol–water partition coefficient (Wildman–Crippen LogP) is 1.64. The van der Waals surface area contributed by atoms with E-state index in [1.54, 1.807) is 0 Å². The van der Waals surface area contributed by atoms with Gasteiger partial charge in [0, 0.05) is 18.1 Å². The van der Waals surface area contributed by atoms with Gasteiger partial charge in [0.1, 0.15) is 6.04 Å². The Bertz CT molecular complexity index is 340. The van der Waals surface area contributed by atoms with Gasteiger partial charge in [0.15, 0.2) is 0 Å². The lowest BCUT2D eigenvalue weighted by Crippen LogP contribution is -2.32. The second-order valence-electron chi connectivity index (χ2n) is 3.49. The van der Waals surface area contributed by atoms with Crippen LogP contribution in [0.5, 0.6) is 0 Å². The van der Waals surface area contributed by atoms with Crippen LogP contribution < -0.4 is 11.1 Å². The van der Waals surface area contributed by atoms with E-state index < -0.39 is 12.0 Å². The summed E-state index contributed by atoms with van der Waals surface area (Å²) in [6.45, 7) is 0.535. The van der Waals surface area contributed by atoms with Crippen LogP contribution in [-0.4, -0.2) is 23.7 Å². The topological polar surface area (TPSA) is 75.3 Å². The van der Waals surface area contributed by atoms with Gasteiger partial charge in [-0.25, -0.2) is 0 Å². The largest absolute Gasteiger partial charge is 0.480 e. The first-order valence-electron chi connectivity index (χ1n) is 5.00. The molecule has 0 aliphatic rings. The molecule has 0 bridgehead atoms. The van der Waals surface area contributed by atoms with Gasteiger partial charge in [-0.3, -0.25) is 4.79 Å². The molecule has 0 aromatic heterocycles. The smallest absolute Gasteiger partial charge is 0.320 e. The van der Waals surface area contributed by atoms with Crippen LogP contribution in [0.15, 0.2) is 24.3 Å². The van der Waals surface area contributed by atoms with Crippen molar-refractivity contribution < 1.29 is 9.90 Å². The van der Waals surface area contributed by atoms with Gasteiger partial charge in [-0.2, -0.15) is 0 Å². The van der Waals surface area contributed by atoms with Crippen LogP contribution in [-0.2, 0) is 10.7 Å². The van der Waals surface area contributed by atoms with E-state index in [-0.39, 0.29) is 0 Å². The average Bonchev–Trinajstić information content (AvgIpc) is 2.29. The summed E-state index contributed by atoms with van der Waals surface area (Å²) in [5, 5.41) is 11.7. The highest BCUT2D eigenvalue weighted by molar-refractivity contribution is 6.17. The molecule has 0 radical (unpaired) electrons. The van der Waals surface area contributed by atoms with E-state index in [9.17, 15) is 4.79 Å². The Hall–Kier alpha value is -1.26. The van der Waals surface area contributed by atoms with Crippen molar-refractivity contribution in [2.24, 2.45) is 5.73 Å². The molecule has 88 valence electrons. The van der Waals surface area contributed by atoms with Crippen LogP contribution in [0, 0.1) is 0 Å². The molecule has 0 saturated heterocycles. The van der Waals surface area contributed by atoms with Crippen molar-refractivity contribution in [2.75, 3.05) is 11.9 Å². The number of carbonyl (C=O) groups is 1. The van der Waals surface area contributed by atoms with E-state index >= 15 is 0 Å². The Morgan fingerprint density at radius 2 is 2.06 bits per heavy atom. The minimum absolute atomic E-state index is 0.395. The molecule has 0 aliphatic heterocycles. The zero-order valence-corrected chi connectivity index (χ0v) is 9.57. The van der Waals surface area contributed by atoms with E-state index in [4.69, 9.17) is 22.4 Å². The number of aliphatic carboxylic acids is 1. The van der Waals surface area contributed by atoms with Gasteiger partial charge in [-0.05, 0) is 24.1 Å². The van der Waals surface area contributed by atoms with Gasteiger partial charge < -0.3 is 16.2 Å². The summed E-state index contributed by atoms with van der Waals surface area (Å²) in [5.41, 5.74) is 7.36. The number of nitrogens with two attached hydrogens (primary N) is 1. The number of alkyl halides is 1. The molecule has 1 aromatic carbocycles. The number of hydrogen-bond acceptors (Lipinski definition) is 3. The number of benzene rings is 1. The third-order valence-corrected chi connectivity index (χ3v) is 2.52. The van der Waals surface area contributed by atoms with Crippen molar-refractivity contribution in [1.82, 2.24) is 0 Å². The number of hydrogen-bond donors (Lipinski definition) is 3. The normalized spacial score (nSPS) is 12.1. The highest BCUT2D eigenvalue weighted by Gasteiger charge is 2.09. The van der Waals surface area contributed by atoms with Crippen LogP contribution in [0.1, 0.15) is 12.0 Å². The molecule has 0 aliphatic carbocycles. The fourth-order valence-electron chi connectivity index (χ4n) is 1.21. The van der Waals surface area contributed by atoms with Crippen molar-refractivity contribution in [3.05, 3.63) is 29.8 Å². The molecule has 5 heteroatoms. The maximum atomic E-state index is 10.5. The van der Waals surface area contributed by atoms with E-state index in [0.29, 0.717) is 18.8 Å². The fraction of sp³-hybridized carbons (Fsp3) is 0.364. The van der Waals surface area contributed by atoms with Gasteiger partial charge in [0.2, 0.25) is 0 Å². The number of halogens is 1. The molecule has 1 atom stereocenters. The number of carboxylic acids is 1. The second kappa shape index (κ2) is 6.35. The molecule has 4 nitrogen and oxygen atoms in total. The molecule has 0 heterocycles. The molecular formula is C11H15ClN2O2. The summed E-state index contributed by atoms with van der Waals surface area (Å²) in [6.07, 6.45) is 0.395. The molecule has 0 amide bonds. The minimum Gasteiger partial charge on any atom is -0.480 e. The Morgan fingerprint density at radius 1 is 1.44 bits per heavy atom. The lowest BCUT2D eigenvalue weighted by Gasteiger charge is -2.09. The molecular weight excluding hydrogens is 228 g/mol. The first-order valence-corrected chi connectivity index (χ1v) is 5.54. The maximum absolute atomic E-state index is 10.5. The first-order chi connectivity index (χ1) is 7.63. The Morgan fingerprint density at radius 3 is 2.56 bits per heavy atom. The van der Waals surface area contributed by atoms with Gasteiger partial charge in [-0.15, -0.1) is 11.6 Å². The number of carboxylic acid groups (broad SMARTS) is 1. The number of nitrogens with one attached hydrogen (secondary N) is 1. The SMILES string of the molecule is NC(CCNc1ccc(CCl)cc1)C(=O)O. The molecule has 16 heavy (non-hydrogen) atoms. The molecule has 4 N–H and O–H groups in total. The third kappa shape index (κ3) is 4.08. The quantitative estimate of drug-likeness (QED) is 0.663. The third-order valence-electron chi connectivity index (χ3n) is 2.21. The summed E-state index contributed by atoms with van der Waals surface area (Å²) in [5.74, 6) is -0.483.